The molecule has 0 aliphatic carbocycles. The van der Waals surface area contributed by atoms with Gasteiger partial charge in [0.15, 0.2) is 0 Å². The molecule has 0 aromatic heterocycles. The fourth-order valence-corrected chi connectivity index (χ4v) is 2.82. The normalized spacial score (nSPS) is 12.1. The van der Waals surface area contributed by atoms with Gasteiger partial charge < -0.3 is 5.11 Å². The zero-order chi connectivity index (χ0) is 16.2. The molecule has 1 N–H and O–H groups in total. The van der Waals surface area contributed by atoms with Crippen molar-refractivity contribution in [1.82, 2.24) is 0 Å². The highest BCUT2D eigenvalue weighted by Gasteiger charge is 2.25. The first-order valence-corrected chi connectivity index (χ1v) is 7.05. The molecule has 0 heterocycles. The Morgan fingerprint density at radius 1 is 1.29 bits per heavy atom. The molecule has 0 saturated heterocycles. The molecule has 114 valence electrons. The Morgan fingerprint density at radius 3 is 2.33 bits per heavy atom. The summed E-state index contributed by atoms with van der Waals surface area (Å²) in [6, 6.07) is 3.36. The zero-order valence-corrected chi connectivity index (χ0v) is 12.2. The molecule has 1 aromatic carbocycles. The number of benzene rings is 1. The van der Waals surface area contributed by atoms with Crippen molar-refractivity contribution in [3.8, 4) is 0 Å². The Bertz CT molecular complexity index is 575. The molecule has 1 atom stereocenters. The topological polar surface area (TPSA) is 124 Å². The average molecular weight is 314 g/mol. The van der Waals surface area contributed by atoms with Gasteiger partial charge in [-0.05, 0) is 12.0 Å². The number of carbonyl (C=O) groups is 1. The highest BCUT2D eigenvalue weighted by Crippen LogP contribution is 2.31. The highest BCUT2D eigenvalue weighted by atomic mass is 32.2. The van der Waals surface area contributed by atoms with Crippen LogP contribution in [-0.4, -0.2) is 26.2 Å². The monoisotopic (exact) mass is 314 g/mol. The van der Waals surface area contributed by atoms with E-state index in [-0.39, 0.29) is 28.6 Å². The van der Waals surface area contributed by atoms with E-state index in [1.807, 2.05) is 0 Å². The smallest absolute Gasteiger partial charge is 0.316 e. The predicted octanol–water partition coefficient (Wildman–Crippen LogP) is 2.85. The molecule has 8 nitrogen and oxygen atoms in total. The molecule has 1 rings (SSSR count). The maximum Gasteiger partial charge on any atom is 0.316 e. The van der Waals surface area contributed by atoms with Crippen molar-refractivity contribution in [3.63, 3.8) is 0 Å². The maximum absolute atomic E-state index is 11.1. The molecule has 21 heavy (non-hydrogen) atoms. The first-order chi connectivity index (χ1) is 9.73. The van der Waals surface area contributed by atoms with Gasteiger partial charge in [-0.15, -0.1) is 11.8 Å². The van der Waals surface area contributed by atoms with Crippen molar-refractivity contribution < 1.29 is 19.7 Å². The quantitative estimate of drug-likeness (QED) is 0.606. The van der Waals surface area contributed by atoms with Gasteiger partial charge in [0.25, 0.3) is 11.4 Å². The second kappa shape index (κ2) is 7.02. The predicted molar refractivity (Wildman–Crippen MR) is 77.3 cm³/mol. The van der Waals surface area contributed by atoms with E-state index in [2.05, 4.69) is 0 Å². The van der Waals surface area contributed by atoms with Crippen molar-refractivity contribution in [1.29, 1.82) is 0 Å². The van der Waals surface area contributed by atoms with Crippen molar-refractivity contribution >= 4 is 29.1 Å². The Labute approximate surface area is 124 Å². The second-order valence-electron chi connectivity index (χ2n) is 4.64. The standard InChI is InChI=1S/C12H14N2O6S/c1-7(2)11(12(15)16)21-6-8-3-4-9(13(17)18)5-10(8)14(19)20/h3-5,7,11H,6H2,1-2H3,(H,15,16). The van der Waals surface area contributed by atoms with Crippen LogP contribution in [0.4, 0.5) is 11.4 Å². The molecular weight excluding hydrogens is 300 g/mol. The zero-order valence-electron chi connectivity index (χ0n) is 11.4. The number of hydrogen-bond donors (Lipinski definition) is 1. The number of aliphatic carboxylic acids is 1. The van der Waals surface area contributed by atoms with Crippen LogP contribution in [0.1, 0.15) is 19.4 Å². The lowest BCUT2D eigenvalue weighted by atomic mass is 10.1. The first-order valence-electron chi connectivity index (χ1n) is 6.00. The fourth-order valence-electron chi connectivity index (χ4n) is 1.69. The van der Waals surface area contributed by atoms with Crippen molar-refractivity contribution in [2.75, 3.05) is 0 Å². The third kappa shape index (κ3) is 4.42. The van der Waals surface area contributed by atoms with Gasteiger partial charge in [0.05, 0.1) is 15.9 Å². The minimum Gasteiger partial charge on any atom is -0.480 e. The van der Waals surface area contributed by atoms with Gasteiger partial charge >= 0.3 is 5.97 Å². The van der Waals surface area contributed by atoms with Crippen LogP contribution >= 0.6 is 11.8 Å². The maximum atomic E-state index is 11.1. The first kappa shape index (κ1) is 16.9. The van der Waals surface area contributed by atoms with E-state index in [1.165, 1.54) is 12.1 Å². The third-order valence-corrected chi connectivity index (χ3v) is 4.33. The largest absolute Gasteiger partial charge is 0.480 e. The molecule has 0 radical (unpaired) electrons. The minimum absolute atomic E-state index is 0.101. The summed E-state index contributed by atoms with van der Waals surface area (Å²) in [5, 5.41) is 30.0. The summed E-state index contributed by atoms with van der Waals surface area (Å²) in [6.07, 6.45) is 0. The van der Waals surface area contributed by atoms with Crippen molar-refractivity contribution in [3.05, 3.63) is 44.0 Å². The van der Waals surface area contributed by atoms with Crippen LogP contribution < -0.4 is 0 Å². The molecule has 0 fully saturated rings. The summed E-state index contributed by atoms with van der Waals surface area (Å²) in [4.78, 5) is 31.3. The van der Waals surface area contributed by atoms with Crippen molar-refractivity contribution in [2.45, 2.75) is 24.9 Å². The van der Waals surface area contributed by atoms with E-state index in [1.54, 1.807) is 13.8 Å². The molecule has 0 saturated carbocycles. The molecule has 0 amide bonds. The summed E-state index contributed by atoms with van der Waals surface area (Å²) < 4.78 is 0. The Kier molecular flexibility index (Phi) is 5.65. The molecule has 0 bridgehead atoms. The number of thioether (sulfide) groups is 1. The van der Waals surface area contributed by atoms with Gasteiger partial charge in [-0.25, -0.2) is 0 Å². The van der Waals surface area contributed by atoms with E-state index in [0.717, 1.165) is 17.8 Å². The average Bonchev–Trinajstić information content (AvgIpc) is 2.37. The molecular formula is C12H14N2O6S. The Morgan fingerprint density at radius 2 is 1.90 bits per heavy atom. The summed E-state index contributed by atoms with van der Waals surface area (Å²) in [6.45, 7) is 3.49. The van der Waals surface area contributed by atoms with Crippen LogP contribution in [0.25, 0.3) is 0 Å². The number of carboxylic acid groups (broad SMARTS) is 1. The van der Waals surface area contributed by atoms with Gasteiger partial charge in [0.2, 0.25) is 0 Å². The van der Waals surface area contributed by atoms with Crippen LogP contribution in [0, 0.1) is 26.1 Å². The van der Waals surface area contributed by atoms with Gasteiger partial charge in [-0.1, -0.05) is 13.8 Å². The van der Waals surface area contributed by atoms with E-state index in [0.29, 0.717) is 0 Å². The molecule has 1 aromatic rings. The number of rotatable bonds is 7. The number of carboxylic acids is 1. The molecule has 0 aliphatic rings. The van der Waals surface area contributed by atoms with E-state index in [9.17, 15) is 25.0 Å². The van der Waals surface area contributed by atoms with Crippen LogP contribution in [-0.2, 0) is 10.5 Å². The fraction of sp³-hybridized carbons (Fsp3) is 0.417. The highest BCUT2D eigenvalue weighted by molar-refractivity contribution is 7.99. The van der Waals surface area contributed by atoms with Gasteiger partial charge in [0, 0.05) is 17.4 Å². The van der Waals surface area contributed by atoms with Crippen LogP contribution in [0.5, 0.6) is 0 Å². The minimum atomic E-state index is -0.987. The van der Waals surface area contributed by atoms with Gasteiger partial charge in [0.1, 0.15) is 5.25 Å². The number of nitro benzene ring substituents is 2. The van der Waals surface area contributed by atoms with Gasteiger partial charge in [-0.2, -0.15) is 0 Å². The Balaban J connectivity index is 3.00. The lowest BCUT2D eigenvalue weighted by Crippen LogP contribution is -2.22. The molecule has 0 spiro atoms. The molecule has 9 heteroatoms. The summed E-state index contributed by atoms with van der Waals surface area (Å²) in [7, 11) is 0. The lowest BCUT2D eigenvalue weighted by molar-refractivity contribution is -0.394. The Hall–Kier alpha value is -2.16. The number of nitrogens with zero attached hydrogens (tertiary/aromatic N) is 2. The second-order valence-corrected chi connectivity index (χ2v) is 5.77. The molecule has 0 aliphatic heterocycles. The number of non-ortho nitro benzene ring substituents is 1. The van der Waals surface area contributed by atoms with Crippen LogP contribution in [0.2, 0.25) is 0 Å². The number of nitro groups is 2. The van der Waals surface area contributed by atoms with Crippen LogP contribution in [0.15, 0.2) is 18.2 Å². The van der Waals surface area contributed by atoms with Crippen molar-refractivity contribution in [2.24, 2.45) is 5.92 Å². The lowest BCUT2D eigenvalue weighted by Gasteiger charge is -2.15. The molecule has 1 unspecified atom stereocenters. The summed E-state index contributed by atoms with van der Waals surface area (Å²) in [5.41, 5.74) is -0.471. The summed E-state index contributed by atoms with van der Waals surface area (Å²) in [5.74, 6) is -1.02. The van der Waals surface area contributed by atoms with Gasteiger partial charge in [-0.3, -0.25) is 25.0 Å². The van der Waals surface area contributed by atoms with E-state index in [4.69, 9.17) is 5.11 Å². The number of hydrogen-bond acceptors (Lipinski definition) is 6. The van der Waals surface area contributed by atoms with Crippen LogP contribution in [0.3, 0.4) is 0 Å². The summed E-state index contributed by atoms with van der Waals surface area (Å²) >= 11 is 1.06. The van der Waals surface area contributed by atoms with E-state index < -0.39 is 21.1 Å². The SMILES string of the molecule is CC(C)C(SCc1ccc([N+](=O)[O-])cc1[N+](=O)[O-])C(=O)O. The van der Waals surface area contributed by atoms with E-state index >= 15 is 0 Å². The third-order valence-electron chi connectivity index (χ3n) is 2.74.